The molecule has 2 rings (SSSR count). The molecule has 0 saturated carbocycles. The molecule has 1 fully saturated rings. The molecule has 1 aliphatic rings. The Kier molecular flexibility index (Phi) is 3.34. The van der Waals surface area contributed by atoms with E-state index in [2.05, 4.69) is 49.9 Å². The first kappa shape index (κ1) is 11.7. The van der Waals surface area contributed by atoms with Crippen molar-refractivity contribution in [3.63, 3.8) is 0 Å². The third-order valence-corrected chi connectivity index (χ3v) is 3.42. The second-order valence-electron chi connectivity index (χ2n) is 5.93. The van der Waals surface area contributed by atoms with Crippen molar-refractivity contribution in [2.24, 2.45) is 0 Å². The van der Waals surface area contributed by atoms with Crippen molar-refractivity contribution < 1.29 is 0 Å². The van der Waals surface area contributed by atoms with Gasteiger partial charge < -0.3 is 0 Å². The Morgan fingerprint density at radius 2 is 1.56 bits per heavy atom. The topological polar surface area (TPSA) is 3.24 Å². The van der Waals surface area contributed by atoms with Crippen LogP contribution < -0.4 is 0 Å². The van der Waals surface area contributed by atoms with E-state index in [1.807, 2.05) is 0 Å². The molecule has 1 aromatic carbocycles. The quantitative estimate of drug-likeness (QED) is 0.732. The van der Waals surface area contributed by atoms with Gasteiger partial charge in [0.25, 0.3) is 0 Å². The first-order chi connectivity index (χ1) is 7.55. The number of likely N-dealkylation sites (tertiary alicyclic amines) is 1. The maximum Gasteiger partial charge on any atom is 0.0233 e. The van der Waals surface area contributed by atoms with Crippen molar-refractivity contribution in [2.45, 2.75) is 45.6 Å². The minimum Gasteiger partial charge on any atom is -0.299 e. The lowest BCUT2D eigenvalue weighted by Crippen LogP contribution is -2.18. The van der Waals surface area contributed by atoms with Crippen LogP contribution in [0.2, 0.25) is 0 Å². The predicted molar refractivity (Wildman–Crippen MR) is 69.7 cm³/mol. The van der Waals surface area contributed by atoms with Crippen molar-refractivity contribution in [1.82, 2.24) is 4.90 Å². The van der Waals surface area contributed by atoms with E-state index in [4.69, 9.17) is 0 Å². The van der Waals surface area contributed by atoms with Gasteiger partial charge in [0.2, 0.25) is 0 Å². The summed E-state index contributed by atoms with van der Waals surface area (Å²) >= 11 is 0. The van der Waals surface area contributed by atoms with Gasteiger partial charge in [0.05, 0.1) is 0 Å². The molecule has 1 aromatic rings. The van der Waals surface area contributed by atoms with Crippen molar-refractivity contribution >= 4 is 0 Å². The Balaban J connectivity index is 2.01. The van der Waals surface area contributed by atoms with Crippen molar-refractivity contribution in [1.29, 1.82) is 0 Å². The van der Waals surface area contributed by atoms with Gasteiger partial charge in [0.15, 0.2) is 0 Å². The second-order valence-corrected chi connectivity index (χ2v) is 5.93. The third-order valence-electron chi connectivity index (χ3n) is 3.42. The Bertz CT molecular complexity index is 325. The Morgan fingerprint density at radius 3 is 2.06 bits per heavy atom. The summed E-state index contributed by atoms with van der Waals surface area (Å²) in [7, 11) is 0. The summed E-state index contributed by atoms with van der Waals surface area (Å²) in [6.07, 6.45) is 2.75. The fraction of sp³-hybridized carbons (Fsp3) is 0.600. The summed E-state index contributed by atoms with van der Waals surface area (Å²) in [5.74, 6) is 0. The largest absolute Gasteiger partial charge is 0.299 e. The summed E-state index contributed by atoms with van der Waals surface area (Å²) in [5, 5.41) is 0. The molecule has 0 radical (unpaired) electrons. The molecule has 0 unspecified atom stereocenters. The highest BCUT2D eigenvalue weighted by Crippen LogP contribution is 2.22. The van der Waals surface area contributed by atoms with E-state index in [0.717, 1.165) is 6.54 Å². The molecule has 0 amide bonds. The number of benzene rings is 1. The number of hydrogen-bond donors (Lipinski definition) is 0. The molecule has 0 bridgehead atoms. The first-order valence-electron chi connectivity index (χ1n) is 6.37. The summed E-state index contributed by atoms with van der Waals surface area (Å²) in [6.45, 7) is 10.5. The zero-order valence-electron chi connectivity index (χ0n) is 10.8. The molecule has 88 valence electrons. The molecule has 1 nitrogen and oxygen atoms in total. The molecule has 0 aliphatic carbocycles. The number of hydrogen-bond acceptors (Lipinski definition) is 1. The third kappa shape index (κ3) is 2.85. The van der Waals surface area contributed by atoms with Gasteiger partial charge in [-0.25, -0.2) is 0 Å². The van der Waals surface area contributed by atoms with Crippen LogP contribution >= 0.6 is 0 Å². The maximum atomic E-state index is 2.55. The van der Waals surface area contributed by atoms with Gasteiger partial charge in [-0.15, -0.1) is 0 Å². The molecule has 0 atom stereocenters. The minimum absolute atomic E-state index is 0.270. The summed E-state index contributed by atoms with van der Waals surface area (Å²) in [5.41, 5.74) is 3.15. The van der Waals surface area contributed by atoms with Gasteiger partial charge >= 0.3 is 0 Å². The van der Waals surface area contributed by atoms with E-state index < -0.39 is 0 Å². The summed E-state index contributed by atoms with van der Waals surface area (Å²) in [4.78, 5) is 2.55. The fourth-order valence-electron chi connectivity index (χ4n) is 2.31. The lowest BCUT2D eigenvalue weighted by Gasteiger charge is -2.20. The zero-order chi connectivity index (χ0) is 11.6. The van der Waals surface area contributed by atoms with Crippen LogP contribution in [0, 0.1) is 0 Å². The van der Waals surface area contributed by atoms with Gasteiger partial charge in [-0.3, -0.25) is 4.90 Å². The first-order valence-corrected chi connectivity index (χ1v) is 6.37. The van der Waals surface area contributed by atoms with Crippen LogP contribution in [-0.4, -0.2) is 18.0 Å². The average molecular weight is 217 g/mol. The molecule has 1 aliphatic heterocycles. The molecule has 1 heterocycles. The monoisotopic (exact) mass is 217 g/mol. The normalized spacial score (nSPS) is 17.9. The van der Waals surface area contributed by atoms with Gasteiger partial charge in [-0.05, 0) is 42.5 Å². The van der Waals surface area contributed by atoms with Crippen LogP contribution in [0.3, 0.4) is 0 Å². The van der Waals surface area contributed by atoms with Crippen LogP contribution in [0.4, 0.5) is 0 Å². The highest BCUT2D eigenvalue weighted by molar-refractivity contribution is 5.27. The maximum absolute atomic E-state index is 2.55. The Hall–Kier alpha value is -0.820. The standard InChI is InChI=1S/C15H23N/c1-15(2,3)14-8-6-13(7-9-14)12-16-10-4-5-11-16/h6-9H,4-5,10-12H2,1-3H3. The second kappa shape index (κ2) is 4.58. The lowest BCUT2D eigenvalue weighted by atomic mass is 9.87. The van der Waals surface area contributed by atoms with E-state index in [9.17, 15) is 0 Å². The highest BCUT2D eigenvalue weighted by Gasteiger charge is 2.14. The molecule has 0 spiro atoms. The zero-order valence-corrected chi connectivity index (χ0v) is 10.8. The molecule has 0 N–H and O–H groups in total. The molecule has 1 heteroatoms. The number of nitrogens with zero attached hydrogens (tertiary/aromatic N) is 1. The SMILES string of the molecule is CC(C)(C)c1ccc(CN2CCCC2)cc1. The van der Waals surface area contributed by atoms with Gasteiger partial charge in [0.1, 0.15) is 0 Å². The average Bonchev–Trinajstić information content (AvgIpc) is 2.70. The summed E-state index contributed by atoms with van der Waals surface area (Å²) < 4.78 is 0. The van der Waals surface area contributed by atoms with E-state index in [1.54, 1.807) is 0 Å². The lowest BCUT2D eigenvalue weighted by molar-refractivity contribution is 0.331. The molecule has 16 heavy (non-hydrogen) atoms. The van der Waals surface area contributed by atoms with Gasteiger partial charge in [-0.1, -0.05) is 45.0 Å². The number of rotatable bonds is 2. The Morgan fingerprint density at radius 1 is 1.00 bits per heavy atom. The molecule has 0 aromatic heterocycles. The van der Waals surface area contributed by atoms with Crippen molar-refractivity contribution in [3.05, 3.63) is 35.4 Å². The van der Waals surface area contributed by atoms with Gasteiger partial charge in [-0.2, -0.15) is 0 Å². The van der Waals surface area contributed by atoms with Crippen LogP contribution in [0.5, 0.6) is 0 Å². The van der Waals surface area contributed by atoms with Crippen molar-refractivity contribution in [2.75, 3.05) is 13.1 Å². The highest BCUT2D eigenvalue weighted by atomic mass is 15.1. The van der Waals surface area contributed by atoms with E-state index >= 15 is 0 Å². The summed E-state index contributed by atoms with van der Waals surface area (Å²) in [6, 6.07) is 9.15. The smallest absolute Gasteiger partial charge is 0.0233 e. The molecule has 1 saturated heterocycles. The van der Waals surface area contributed by atoms with E-state index in [-0.39, 0.29) is 5.41 Å². The van der Waals surface area contributed by atoms with Crippen LogP contribution in [0.15, 0.2) is 24.3 Å². The van der Waals surface area contributed by atoms with E-state index in [0.29, 0.717) is 0 Å². The minimum atomic E-state index is 0.270. The van der Waals surface area contributed by atoms with Crippen LogP contribution in [-0.2, 0) is 12.0 Å². The Labute approximate surface area is 99.5 Å². The van der Waals surface area contributed by atoms with Crippen LogP contribution in [0.1, 0.15) is 44.7 Å². The fourth-order valence-corrected chi connectivity index (χ4v) is 2.31. The molecular formula is C15H23N. The predicted octanol–water partition coefficient (Wildman–Crippen LogP) is 3.58. The molecular weight excluding hydrogens is 194 g/mol. The van der Waals surface area contributed by atoms with E-state index in [1.165, 1.54) is 37.1 Å². The van der Waals surface area contributed by atoms with Gasteiger partial charge in [0, 0.05) is 6.54 Å². The van der Waals surface area contributed by atoms with Crippen LogP contribution in [0.25, 0.3) is 0 Å². The van der Waals surface area contributed by atoms with Crippen molar-refractivity contribution in [3.8, 4) is 0 Å².